The summed E-state index contributed by atoms with van der Waals surface area (Å²) in [5, 5.41) is 14.0. The number of carbonyl (C=O) groups is 3. The average molecular weight is 299 g/mol. The quantitative estimate of drug-likeness (QED) is 0.605. The van der Waals surface area contributed by atoms with Gasteiger partial charge < -0.3 is 20.6 Å². The van der Waals surface area contributed by atoms with E-state index in [0.717, 1.165) is 25.7 Å². The number of amides is 3. The van der Waals surface area contributed by atoms with E-state index in [9.17, 15) is 14.4 Å². The molecule has 0 spiro atoms. The van der Waals surface area contributed by atoms with Crippen molar-refractivity contribution in [2.24, 2.45) is 5.92 Å². The van der Waals surface area contributed by atoms with Crippen molar-refractivity contribution >= 4 is 17.9 Å². The van der Waals surface area contributed by atoms with Crippen LogP contribution in [0.2, 0.25) is 0 Å². The number of hydrogen-bond acceptors (Lipinski definition) is 3. The van der Waals surface area contributed by atoms with Crippen LogP contribution in [0, 0.1) is 5.92 Å². The number of nitrogens with zero attached hydrogens (tertiary/aromatic N) is 1. The molecule has 0 aromatic rings. The Kier molecular flexibility index (Phi) is 7.56. The number of carbonyl (C=O) groups excluding carboxylic acids is 2. The highest BCUT2D eigenvalue weighted by atomic mass is 16.4. The Morgan fingerprint density at radius 2 is 2.00 bits per heavy atom. The van der Waals surface area contributed by atoms with Gasteiger partial charge in [0.15, 0.2) is 0 Å². The molecule has 1 aliphatic heterocycles. The van der Waals surface area contributed by atoms with Gasteiger partial charge in [-0.1, -0.05) is 6.42 Å². The number of carboxylic acid groups (broad SMARTS) is 1. The maximum absolute atomic E-state index is 12.0. The summed E-state index contributed by atoms with van der Waals surface area (Å²) in [6.45, 7) is 1.68. The number of carboxylic acids is 1. The molecule has 120 valence electrons. The lowest BCUT2D eigenvalue weighted by molar-refractivity contribution is -0.137. The molecule has 0 aliphatic carbocycles. The van der Waals surface area contributed by atoms with Gasteiger partial charge in [-0.25, -0.2) is 4.79 Å². The number of unbranched alkanes of at least 4 members (excludes halogenated alkanes) is 2. The van der Waals surface area contributed by atoms with Crippen LogP contribution in [0.25, 0.3) is 0 Å². The first kappa shape index (κ1) is 17.3. The molecule has 0 bridgehead atoms. The van der Waals surface area contributed by atoms with Crippen molar-refractivity contribution in [3.8, 4) is 0 Å². The number of urea groups is 1. The SMILES string of the molecule is CNC(=O)C1CCCN(C(=O)NCCCCCC(=O)O)C1. The predicted octanol–water partition coefficient (Wildman–Crippen LogP) is 0.799. The van der Waals surface area contributed by atoms with E-state index in [0.29, 0.717) is 26.1 Å². The van der Waals surface area contributed by atoms with Crippen molar-refractivity contribution in [2.45, 2.75) is 38.5 Å². The predicted molar refractivity (Wildman–Crippen MR) is 77.9 cm³/mol. The van der Waals surface area contributed by atoms with Gasteiger partial charge in [-0.2, -0.15) is 0 Å². The zero-order valence-corrected chi connectivity index (χ0v) is 12.6. The first-order valence-electron chi connectivity index (χ1n) is 7.50. The molecular formula is C14H25N3O4. The summed E-state index contributed by atoms with van der Waals surface area (Å²) in [4.78, 5) is 35.6. The molecule has 1 fully saturated rings. The number of piperidine rings is 1. The summed E-state index contributed by atoms with van der Waals surface area (Å²) in [6, 6.07) is -0.137. The molecule has 21 heavy (non-hydrogen) atoms. The van der Waals surface area contributed by atoms with Gasteiger partial charge >= 0.3 is 12.0 Å². The lowest BCUT2D eigenvalue weighted by Gasteiger charge is -2.31. The van der Waals surface area contributed by atoms with Gasteiger partial charge in [0.1, 0.15) is 0 Å². The Hall–Kier alpha value is -1.79. The van der Waals surface area contributed by atoms with Gasteiger partial charge in [0.25, 0.3) is 0 Å². The van der Waals surface area contributed by atoms with Crippen LogP contribution in [0.5, 0.6) is 0 Å². The van der Waals surface area contributed by atoms with Crippen molar-refractivity contribution < 1.29 is 19.5 Å². The standard InChI is InChI=1S/C14H25N3O4/c1-15-13(20)11-6-5-9-17(10-11)14(21)16-8-4-2-3-7-12(18)19/h11H,2-10H2,1H3,(H,15,20)(H,16,21)(H,18,19). The molecule has 3 N–H and O–H groups in total. The zero-order valence-electron chi connectivity index (χ0n) is 12.6. The smallest absolute Gasteiger partial charge is 0.317 e. The third-order valence-corrected chi connectivity index (χ3v) is 3.67. The summed E-state index contributed by atoms with van der Waals surface area (Å²) < 4.78 is 0. The topological polar surface area (TPSA) is 98.7 Å². The molecule has 1 saturated heterocycles. The Morgan fingerprint density at radius 1 is 1.24 bits per heavy atom. The van der Waals surface area contributed by atoms with E-state index in [2.05, 4.69) is 10.6 Å². The summed E-state index contributed by atoms with van der Waals surface area (Å²) in [5.74, 6) is -0.918. The number of likely N-dealkylation sites (tertiary alicyclic amines) is 1. The van der Waals surface area contributed by atoms with Crippen LogP contribution >= 0.6 is 0 Å². The number of rotatable bonds is 7. The molecular weight excluding hydrogens is 274 g/mol. The Morgan fingerprint density at radius 3 is 2.67 bits per heavy atom. The Labute approximate surface area is 125 Å². The summed E-state index contributed by atoms with van der Waals surface area (Å²) >= 11 is 0. The van der Waals surface area contributed by atoms with E-state index < -0.39 is 5.97 Å². The van der Waals surface area contributed by atoms with E-state index in [1.807, 2.05) is 0 Å². The van der Waals surface area contributed by atoms with E-state index in [1.165, 1.54) is 0 Å². The minimum atomic E-state index is -0.785. The van der Waals surface area contributed by atoms with Crippen molar-refractivity contribution in [1.82, 2.24) is 15.5 Å². The third kappa shape index (κ3) is 6.46. The first-order valence-corrected chi connectivity index (χ1v) is 7.50. The number of nitrogens with one attached hydrogen (secondary N) is 2. The van der Waals surface area contributed by atoms with Crippen LogP contribution in [-0.2, 0) is 9.59 Å². The molecule has 7 heteroatoms. The summed E-state index contributed by atoms with van der Waals surface area (Å²) in [5.41, 5.74) is 0. The van der Waals surface area contributed by atoms with Crippen molar-refractivity contribution in [1.29, 1.82) is 0 Å². The lowest BCUT2D eigenvalue weighted by Crippen LogP contribution is -2.48. The molecule has 3 amide bonds. The highest BCUT2D eigenvalue weighted by Gasteiger charge is 2.27. The van der Waals surface area contributed by atoms with Gasteiger partial charge in [0.05, 0.1) is 5.92 Å². The number of aliphatic carboxylic acids is 1. The Bertz CT molecular complexity index is 373. The van der Waals surface area contributed by atoms with Gasteiger partial charge in [0.2, 0.25) is 5.91 Å². The molecule has 1 rings (SSSR count). The molecule has 0 saturated carbocycles. The monoisotopic (exact) mass is 299 g/mol. The van der Waals surface area contributed by atoms with Gasteiger partial charge in [-0.05, 0) is 25.7 Å². The zero-order chi connectivity index (χ0) is 15.7. The van der Waals surface area contributed by atoms with Crippen LogP contribution < -0.4 is 10.6 Å². The maximum atomic E-state index is 12.0. The van der Waals surface area contributed by atoms with Gasteiger partial charge in [0, 0.05) is 33.1 Å². The van der Waals surface area contributed by atoms with E-state index >= 15 is 0 Å². The molecule has 0 radical (unpaired) electrons. The molecule has 1 heterocycles. The lowest BCUT2D eigenvalue weighted by atomic mass is 9.97. The van der Waals surface area contributed by atoms with Crippen molar-refractivity contribution in [3.05, 3.63) is 0 Å². The van der Waals surface area contributed by atoms with Crippen LogP contribution in [0.3, 0.4) is 0 Å². The van der Waals surface area contributed by atoms with Gasteiger partial charge in [-0.15, -0.1) is 0 Å². The first-order chi connectivity index (χ1) is 10.0. The van der Waals surface area contributed by atoms with Crippen LogP contribution in [0.15, 0.2) is 0 Å². The summed E-state index contributed by atoms with van der Waals surface area (Å²) in [6.07, 6.45) is 4.02. The molecule has 0 aromatic heterocycles. The average Bonchev–Trinajstić information content (AvgIpc) is 2.49. The van der Waals surface area contributed by atoms with Crippen LogP contribution in [-0.4, -0.2) is 54.6 Å². The van der Waals surface area contributed by atoms with Crippen molar-refractivity contribution in [2.75, 3.05) is 26.7 Å². The highest BCUT2D eigenvalue weighted by molar-refractivity contribution is 5.80. The largest absolute Gasteiger partial charge is 0.481 e. The Balaban J connectivity index is 2.19. The second-order valence-corrected chi connectivity index (χ2v) is 5.34. The number of hydrogen-bond donors (Lipinski definition) is 3. The minimum absolute atomic E-state index is 0.0128. The molecule has 0 aromatic carbocycles. The molecule has 7 nitrogen and oxygen atoms in total. The molecule has 1 atom stereocenters. The fraction of sp³-hybridized carbons (Fsp3) is 0.786. The van der Waals surface area contributed by atoms with Crippen LogP contribution in [0.4, 0.5) is 4.79 Å². The van der Waals surface area contributed by atoms with E-state index in [-0.39, 0.29) is 24.3 Å². The second-order valence-electron chi connectivity index (χ2n) is 5.34. The summed E-state index contributed by atoms with van der Waals surface area (Å²) in [7, 11) is 1.61. The second kappa shape index (κ2) is 9.20. The normalized spacial score (nSPS) is 18.1. The minimum Gasteiger partial charge on any atom is -0.481 e. The van der Waals surface area contributed by atoms with Crippen molar-refractivity contribution in [3.63, 3.8) is 0 Å². The fourth-order valence-electron chi connectivity index (χ4n) is 2.46. The van der Waals surface area contributed by atoms with Crippen LogP contribution in [0.1, 0.15) is 38.5 Å². The maximum Gasteiger partial charge on any atom is 0.317 e. The fourth-order valence-corrected chi connectivity index (χ4v) is 2.46. The molecule has 1 unspecified atom stereocenters. The van der Waals surface area contributed by atoms with E-state index in [4.69, 9.17) is 5.11 Å². The highest BCUT2D eigenvalue weighted by Crippen LogP contribution is 2.16. The third-order valence-electron chi connectivity index (χ3n) is 3.67. The van der Waals surface area contributed by atoms with E-state index in [1.54, 1.807) is 11.9 Å². The van der Waals surface area contributed by atoms with Gasteiger partial charge in [-0.3, -0.25) is 9.59 Å². The molecule has 1 aliphatic rings.